The first-order valence-electron chi connectivity index (χ1n) is 8.38. The van der Waals surface area contributed by atoms with Gasteiger partial charge in [-0.15, -0.1) is 0 Å². The SMILES string of the molecule is CCCOc1ccc([C@H]2COC(=O)N2c2ccn3ccnc3c2)cc1. The van der Waals surface area contributed by atoms with Crippen LogP contribution >= 0.6 is 0 Å². The maximum absolute atomic E-state index is 12.3. The maximum atomic E-state index is 12.3. The fourth-order valence-corrected chi connectivity index (χ4v) is 3.01. The van der Waals surface area contributed by atoms with E-state index in [9.17, 15) is 4.79 Å². The number of ether oxygens (including phenoxy) is 2. The molecule has 0 unspecified atom stereocenters. The number of hydrogen-bond acceptors (Lipinski definition) is 4. The number of pyridine rings is 1. The van der Waals surface area contributed by atoms with Crippen molar-refractivity contribution in [1.82, 2.24) is 9.38 Å². The van der Waals surface area contributed by atoms with Crippen LogP contribution in [0.2, 0.25) is 0 Å². The topological polar surface area (TPSA) is 56.1 Å². The van der Waals surface area contributed by atoms with Gasteiger partial charge in [0.1, 0.15) is 18.0 Å². The summed E-state index contributed by atoms with van der Waals surface area (Å²) in [7, 11) is 0. The van der Waals surface area contributed by atoms with E-state index in [4.69, 9.17) is 9.47 Å². The molecular weight excluding hydrogens is 318 g/mol. The molecule has 1 aliphatic heterocycles. The molecule has 6 heteroatoms. The molecule has 2 aromatic heterocycles. The highest BCUT2D eigenvalue weighted by atomic mass is 16.6. The van der Waals surface area contributed by atoms with Gasteiger partial charge in [-0.25, -0.2) is 9.78 Å². The second-order valence-corrected chi connectivity index (χ2v) is 5.96. The number of carbonyl (C=O) groups is 1. The summed E-state index contributed by atoms with van der Waals surface area (Å²) < 4.78 is 12.8. The number of anilines is 1. The van der Waals surface area contributed by atoms with Gasteiger partial charge in [-0.05, 0) is 30.2 Å². The van der Waals surface area contributed by atoms with Crippen LogP contribution in [0.3, 0.4) is 0 Å². The average molecular weight is 337 g/mol. The quantitative estimate of drug-likeness (QED) is 0.710. The van der Waals surface area contributed by atoms with Crippen molar-refractivity contribution < 1.29 is 14.3 Å². The summed E-state index contributed by atoms with van der Waals surface area (Å²) in [4.78, 5) is 18.3. The van der Waals surface area contributed by atoms with Gasteiger partial charge in [0.2, 0.25) is 0 Å². The number of cyclic esters (lactones) is 1. The Kier molecular flexibility index (Phi) is 4.01. The van der Waals surface area contributed by atoms with Gasteiger partial charge in [-0.1, -0.05) is 19.1 Å². The van der Waals surface area contributed by atoms with Crippen molar-refractivity contribution in [2.45, 2.75) is 19.4 Å². The van der Waals surface area contributed by atoms with E-state index in [2.05, 4.69) is 11.9 Å². The third-order valence-corrected chi connectivity index (χ3v) is 4.27. The zero-order chi connectivity index (χ0) is 17.2. The van der Waals surface area contributed by atoms with Crippen LogP contribution in [0.25, 0.3) is 5.65 Å². The molecule has 1 aromatic carbocycles. The minimum absolute atomic E-state index is 0.162. The molecule has 3 aromatic rings. The highest BCUT2D eigenvalue weighted by Crippen LogP contribution is 2.34. The summed E-state index contributed by atoms with van der Waals surface area (Å²) in [6, 6.07) is 11.5. The van der Waals surface area contributed by atoms with Crippen molar-refractivity contribution >= 4 is 17.4 Å². The van der Waals surface area contributed by atoms with Crippen molar-refractivity contribution in [3.05, 3.63) is 60.6 Å². The molecule has 1 amide bonds. The molecule has 0 aliphatic carbocycles. The summed E-state index contributed by atoms with van der Waals surface area (Å²) in [6.45, 7) is 3.10. The lowest BCUT2D eigenvalue weighted by Crippen LogP contribution is -2.27. The van der Waals surface area contributed by atoms with Crippen molar-refractivity contribution in [1.29, 1.82) is 0 Å². The Balaban J connectivity index is 1.63. The fourth-order valence-electron chi connectivity index (χ4n) is 3.01. The minimum Gasteiger partial charge on any atom is -0.494 e. The van der Waals surface area contributed by atoms with Gasteiger partial charge in [0, 0.05) is 24.7 Å². The normalized spacial score (nSPS) is 17.1. The highest BCUT2D eigenvalue weighted by Gasteiger charge is 2.35. The predicted molar refractivity (Wildman–Crippen MR) is 94.0 cm³/mol. The summed E-state index contributed by atoms with van der Waals surface area (Å²) in [6.07, 6.45) is 6.12. The lowest BCUT2D eigenvalue weighted by Gasteiger charge is -2.22. The van der Waals surface area contributed by atoms with E-state index in [1.54, 1.807) is 11.1 Å². The number of hydrogen-bond donors (Lipinski definition) is 0. The molecule has 1 atom stereocenters. The van der Waals surface area contributed by atoms with Gasteiger partial charge < -0.3 is 13.9 Å². The Morgan fingerprint density at radius 2 is 2.08 bits per heavy atom. The van der Waals surface area contributed by atoms with Crippen LogP contribution in [0.1, 0.15) is 24.9 Å². The Morgan fingerprint density at radius 1 is 1.24 bits per heavy atom. The number of nitrogens with zero attached hydrogens (tertiary/aromatic N) is 3. The smallest absolute Gasteiger partial charge is 0.415 e. The number of rotatable bonds is 5. The van der Waals surface area contributed by atoms with Crippen LogP contribution in [0.15, 0.2) is 55.0 Å². The zero-order valence-electron chi connectivity index (χ0n) is 14.0. The zero-order valence-corrected chi connectivity index (χ0v) is 14.0. The highest BCUT2D eigenvalue weighted by molar-refractivity contribution is 5.91. The van der Waals surface area contributed by atoms with Gasteiger partial charge in [-0.3, -0.25) is 4.90 Å². The van der Waals surface area contributed by atoms with Crippen LogP contribution in [0, 0.1) is 0 Å². The standard InChI is InChI=1S/C19H19N3O3/c1-2-11-24-16-5-3-14(4-6-16)17-13-25-19(23)22(17)15-7-9-21-10-8-20-18(21)12-15/h3-10,12,17H,2,11,13H2,1H3/t17-/m1/s1. The van der Waals surface area contributed by atoms with Gasteiger partial charge in [0.25, 0.3) is 0 Å². The third kappa shape index (κ3) is 2.91. The first-order chi connectivity index (χ1) is 12.3. The summed E-state index contributed by atoms with van der Waals surface area (Å²) in [5.41, 5.74) is 2.58. The number of carbonyl (C=O) groups excluding carboxylic acids is 1. The molecule has 0 saturated carbocycles. The van der Waals surface area contributed by atoms with E-state index in [0.717, 1.165) is 29.1 Å². The summed E-state index contributed by atoms with van der Waals surface area (Å²) in [5, 5.41) is 0. The van der Waals surface area contributed by atoms with E-state index in [-0.39, 0.29) is 12.1 Å². The molecule has 6 nitrogen and oxygen atoms in total. The number of aromatic nitrogens is 2. The maximum Gasteiger partial charge on any atom is 0.415 e. The molecule has 4 rings (SSSR count). The Hall–Kier alpha value is -3.02. The summed E-state index contributed by atoms with van der Waals surface area (Å²) in [5.74, 6) is 0.834. The number of amides is 1. The molecule has 1 aliphatic rings. The van der Waals surface area contributed by atoms with Gasteiger partial charge >= 0.3 is 6.09 Å². The molecule has 128 valence electrons. The molecule has 0 bridgehead atoms. The van der Waals surface area contributed by atoms with Gasteiger partial charge in [-0.2, -0.15) is 0 Å². The van der Waals surface area contributed by atoms with E-state index < -0.39 is 0 Å². The molecule has 0 N–H and O–H groups in total. The number of imidazole rings is 1. The number of fused-ring (bicyclic) bond motifs is 1. The monoisotopic (exact) mass is 337 g/mol. The molecule has 3 heterocycles. The Labute approximate surface area is 145 Å². The fraction of sp³-hybridized carbons (Fsp3) is 0.263. The molecule has 1 fully saturated rings. The van der Waals surface area contributed by atoms with E-state index in [0.29, 0.717) is 13.2 Å². The van der Waals surface area contributed by atoms with Crippen LogP contribution < -0.4 is 9.64 Å². The van der Waals surface area contributed by atoms with Gasteiger partial charge in [0.05, 0.1) is 18.3 Å². The molecule has 1 saturated heterocycles. The van der Waals surface area contributed by atoms with Crippen LogP contribution in [-0.2, 0) is 4.74 Å². The Bertz CT molecular complexity index is 888. The van der Waals surface area contributed by atoms with Gasteiger partial charge in [0.15, 0.2) is 0 Å². The third-order valence-electron chi connectivity index (χ3n) is 4.27. The van der Waals surface area contributed by atoms with Crippen LogP contribution in [-0.4, -0.2) is 28.7 Å². The predicted octanol–water partition coefficient (Wildman–Crippen LogP) is 3.82. The second-order valence-electron chi connectivity index (χ2n) is 5.96. The molecule has 25 heavy (non-hydrogen) atoms. The molecular formula is C19H19N3O3. The van der Waals surface area contributed by atoms with E-state index in [1.165, 1.54) is 0 Å². The van der Waals surface area contributed by atoms with E-state index >= 15 is 0 Å². The average Bonchev–Trinajstić information content (AvgIpc) is 3.26. The van der Waals surface area contributed by atoms with Crippen LogP contribution in [0.5, 0.6) is 5.75 Å². The molecule has 0 radical (unpaired) electrons. The second kappa shape index (κ2) is 6.47. The minimum atomic E-state index is -0.341. The van der Waals surface area contributed by atoms with Crippen LogP contribution in [0.4, 0.5) is 10.5 Å². The number of benzene rings is 1. The van der Waals surface area contributed by atoms with Crippen molar-refractivity contribution in [3.63, 3.8) is 0 Å². The van der Waals surface area contributed by atoms with Crippen molar-refractivity contribution in [2.24, 2.45) is 0 Å². The summed E-state index contributed by atoms with van der Waals surface area (Å²) >= 11 is 0. The van der Waals surface area contributed by atoms with E-state index in [1.807, 2.05) is 53.2 Å². The lowest BCUT2D eigenvalue weighted by atomic mass is 10.1. The Morgan fingerprint density at radius 3 is 2.88 bits per heavy atom. The van der Waals surface area contributed by atoms with Crippen molar-refractivity contribution in [2.75, 3.05) is 18.1 Å². The first kappa shape index (κ1) is 15.5. The van der Waals surface area contributed by atoms with Crippen molar-refractivity contribution in [3.8, 4) is 5.75 Å². The first-order valence-corrected chi connectivity index (χ1v) is 8.38. The lowest BCUT2D eigenvalue weighted by molar-refractivity contribution is 0.179. The largest absolute Gasteiger partial charge is 0.494 e. The molecule has 0 spiro atoms.